The van der Waals surface area contributed by atoms with Crippen molar-refractivity contribution in [2.24, 2.45) is 0 Å². The van der Waals surface area contributed by atoms with Crippen LogP contribution in [0.3, 0.4) is 0 Å². The quantitative estimate of drug-likeness (QED) is 0.300. The fourth-order valence-electron chi connectivity index (χ4n) is 1.57. The van der Waals surface area contributed by atoms with Gasteiger partial charge in [-0.15, -0.1) is 6.58 Å². The van der Waals surface area contributed by atoms with E-state index in [0.29, 0.717) is 17.4 Å². The first-order valence-electron chi connectivity index (χ1n) is 6.84. The van der Waals surface area contributed by atoms with Gasteiger partial charge in [0.05, 0.1) is 19.4 Å². The first-order valence-corrected chi connectivity index (χ1v) is 7.22. The molecule has 21 heavy (non-hydrogen) atoms. The van der Waals surface area contributed by atoms with Crippen molar-refractivity contribution in [3.63, 3.8) is 0 Å². The lowest BCUT2D eigenvalue weighted by Gasteiger charge is -2.05. The molecule has 0 heterocycles. The zero-order chi connectivity index (χ0) is 15.5. The van der Waals surface area contributed by atoms with Gasteiger partial charge in [0, 0.05) is 5.02 Å². The first kappa shape index (κ1) is 17.2. The van der Waals surface area contributed by atoms with Crippen molar-refractivity contribution in [2.45, 2.75) is 32.1 Å². The van der Waals surface area contributed by atoms with Crippen LogP contribution in [0.15, 0.2) is 36.9 Å². The normalized spacial score (nSPS) is 9.95. The fraction of sp³-hybridized carbons (Fsp3) is 0.375. The smallest absolute Gasteiger partial charge is 0.311 e. The molecule has 0 aromatic heterocycles. The number of hydrogen-bond acceptors (Lipinski definition) is 4. The molecule has 0 aliphatic rings. The Morgan fingerprint density at radius 3 is 2.67 bits per heavy atom. The third kappa shape index (κ3) is 8.15. The molecular formula is C16H19ClO4. The summed E-state index contributed by atoms with van der Waals surface area (Å²) in [5, 5.41) is 0.485. The van der Waals surface area contributed by atoms with Crippen LogP contribution >= 0.6 is 11.6 Å². The Morgan fingerprint density at radius 1 is 1.19 bits per heavy atom. The summed E-state index contributed by atoms with van der Waals surface area (Å²) in [4.78, 5) is 23.0. The number of hydrogen-bond donors (Lipinski definition) is 0. The Labute approximate surface area is 129 Å². The highest BCUT2D eigenvalue weighted by Gasteiger charge is 2.10. The van der Waals surface area contributed by atoms with E-state index in [4.69, 9.17) is 21.1 Å². The summed E-state index contributed by atoms with van der Waals surface area (Å²) in [6, 6.07) is 6.53. The van der Waals surface area contributed by atoms with Crippen LogP contribution in [0.2, 0.25) is 5.02 Å². The van der Waals surface area contributed by atoms with Crippen LogP contribution in [-0.4, -0.2) is 18.5 Å². The second-order valence-corrected chi connectivity index (χ2v) is 4.87. The summed E-state index contributed by atoms with van der Waals surface area (Å²) in [6.45, 7) is 3.99. The Hall–Kier alpha value is -1.81. The summed E-state index contributed by atoms with van der Waals surface area (Å²) in [5.74, 6) is -0.511. The summed E-state index contributed by atoms with van der Waals surface area (Å²) in [7, 11) is 0. The second-order valence-electron chi connectivity index (χ2n) is 4.44. The Morgan fingerprint density at radius 2 is 1.95 bits per heavy atom. The molecule has 0 N–H and O–H groups in total. The summed E-state index contributed by atoms with van der Waals surface area (Å²) in [5.41, 5.74) is 0. The molecule has 4 nitrogen and oxygen atoms in total. The number of unbranched alkanes of at least 4 members (excludes halogenated alkanes) is 2. The van der Waals surface area contributed by atoms with Crippen molar-refractivity contribution in [1.29, 1.82) is 0 Å². The average Bonchev–Trinajstić information content (AvgIpc) is 2.45. The molecule has 5 heteroatoms. The van der Waals surface area contributed by atoms with E-state index >= 15 is 0 Å². The summed E-state index contributed by atoms with van der Waals surface area (Å²) < 4.78 is 10.1. The Bertz CT molecular complexity index is 485. The van der Waals surface area contributed by atoms with Crippen LogP contribution in [0, 0.1) is 0 Å². The molecule has 0 fully saturated rings. The maximum atomic E-state index is 11.6. The number of rotatable bonds is 9. The van der Waals surface area contributed by atoms with Crippen molar-refractivity contribution >= 4 is 23.5 Å². The maximum Gasteiger partial charge on any atom is 0.311 e. The van der Waals surface area contributed by atoms with Crippen molar-refractivity contribution in [2.75, 3.05) is 6.61 Å². The van der Waals surface area contributed by atoms with Crippen LogP contribution in [0.25, 0.3) is 0 Å². The molecule has 0 aliphatic carbocycles. The minimum atomic E-state index is -0.485. The summed E-state index contributed by atoms with van der Waals surface area (Å²) in [6.07, 6.45) is 4.47. The van der Waals surface area contributed by atoms with Gasteiger partial charge in [0.15, 0.2) is 0 Å². The molecule has 0 amide bonds. The molecule has 0 saturated heterocycles. The van der Waals surface area contributed by atoms with Crippen LogP contribution in [0.4, 0.5) is 0 Å². The number of carbonyl (C=O) groups is 2. The molecule has 0 saturated carbocycles. The van der Waals surface area contributed by atoms with Gasteiger partial charge < -0.3 is 9.47 Å². The highest BCUT2D eigenvalue weighted by molar-refractivity contribution is 6.30. The SMILES string of the molecule is C=CCCCCOC(=O)CCC(=O)Oc1cccc(Cl)c1. The van der Waals surface area contributed by atoms with Gasteiger partial charge in [0.2, 0.25) is 0 Å². The number of ether oxygens (including phenoxy) is 2. The molecular weight excluding hydrogens is 292 g/mol. The van der Waals surface area contributed by atoms with Crippen molar-refractivity contribution < 1.29 is 19.1 Å². The average molecular weight is 311 g/mol. The van der Waals surface area contributed by atoms with Gasteiger partial charge in [0.25, 0.3) is 0 Å². The molecule has 0 aliphatic heterocycles. The second kappa shape index (κ2) is 10.00. The van der Waals surface area contributed by atoms with E-state index < -0.39 is 11.9 Å². The largest absolute Gasteiger partial charge is 0.466 e. The van der Waals surface area contributed by atoms with Crippen molar-refractivity contribution in [3.05, 3.63) is 41.9 Å². The number of esters is 2. The summed E-state index contributed by atoms with van der Waals surface area (Å²) >= 11 is 5.78. The number of carbonyl (C=O) groups excluding carboxylic acids is 2. The first-order chi connectivity index (χ1) is 10.1. The van der Waals surface area contributed by atoms with Crippen LogP contribution < -0.4 is 4.74 Å². The zero-order valence-corrected chi connectivity index (χ0v) is 12.6. The van der Waals surface area contributed by atoms with Crippen LogP contribution in [0.5, 0.6) is 5.75 Å². The number of benzene rings is 1. The minimum Gasteiger partial charge on any atom is -0.466 e. The predicted molar refractivity (Wildman–Crippen MR) is 81.3 cm³/mol. The third-order valence-corrected chi connectivity index (χ3v) is 2.86. The van der Waals surface area contributed by atoms with E-state index in [2.05, 4.69) is 6.58 Å². The standard InChI is InChI=1S/C16H19ClO4/c1-2-3-4-5-11-20-15(18)9-10-16(19)21-14-8-6-7-13(17)12-14/h2,6-8,12H,1,3-5,9-11H2. The van der Waals surface area contributed by atoms with E-state index in [1.807, 2.05) is 6.08 Å². The molecule has 0 spiro atoms. The molecule has 0 unspecified atom stereocenters. The van der Waals surface area contributed by atoms with E-state index in [-0.39, 0.29) is 12.8 Å². The topological polar surface area (TPSA) is 52.6 Å². The Kier molecular flexibility index (Phi) is 8.21. The molecule has 1 rings (SSSR count). The highest BCUT2D eigenvalue weighted by Crippen LogP contribution is 2.17. The lowest BCUT2D eigenvalue weighted by atomic mass is 10.2. The molecule has 0 bridgehead atoms. The van der Waals surface area contributed by atoms with Gasteiger partial charge >= 0.3 is 11.9 Å². The predicted octanol–water partition coefficient (Wildman–Crippen LogP) is 3.93. The van der Waals surface area contributed by atoms with Crippen molar-refractivity contribution in [1.82, 2.24) is 0 Å². The van der Waals surface area contributed by atoms with E-state index in [9.17, 15) is 9.59 Å². The number of halogens is 1. The number of allylic oxidation sites excluding steroid dienone is 1. The van der Waals surface area contributed by atoms with Crippen molar-refractivity contribution in [3.8, 4) is 5.75 Å². The third-order valence-electron chi connectivity index (χ3n) is 2.63. The highest BCUT2D eigenvalue weighted by atomic mass is 35.5. The Balaban J connectivity index is 2.17. The molecule has 1 aromatic rings. The van der Waals surface area contributed by atoms with Gasteiger partial charge in [-0.05, 0) is 37.5 Å². The molecule has 1 aromatic carbocycles. The van der Waals surface area contributed by atoms with Gasteiger partial charge in [-0.25, -0.2) is 0 Å². The lowest BCUT2D eigenvalue weighted by molar-refractivity contribution is -0.147. The van der Waals surface area contributed by atoms with Gasteiger partial charge in [-0.2, -0.15) is 0 Å². The van der Waals surface area contributed by atoms with Gasteiger partial charge in [0.1, 0.15) is 5.75 Å². The molecule has 114 valence electrons. The van der Waals surface area contributed by atoms with Crippen LogP contribution in [-0.2, 0) is 14.3 Å². The minimum absolute atomic E-state index is 0.0147. The zero-order valence-electron chi connectivity index (χ0n) is 11.8. The maximum absolute atomic E-state index is 11.6. The fourth-order valence-corrected chi connectivity index (χ4v) is 1.75. The van der Waals surface area contributed by atoms with Gasteiger partial charge in [-0.1, -0.05) is 23.7 Å². The lowest BCUT2D eigenvalue weighted by Crippen LogP contribution is -2.12. The monoisotopic (exact) mass is 310 g/mol. The molecule has 0 atom stereocenters. The van der Waals surface area contributed by atoms with E-state index in [0.717, 1.165) is 19.3 Å². The van der Waals surface area contributed by atoms with Crippen LogP contribution in [0.1, 0.15) is 32.1 Å². The molecule has 0 radical (unpaired) electrons. The van der Waals surface area contributed by atoms with Gasteiger partial charge in [-0.3, -0.25) is 9.59 Å². The van der Waals surface area contributed by atoms with E-state index in [1.165, 1.54) is 6.07 Å². The van der Waals surface area contributed by atoms with E-state index in [1.54, 1.807) is 18.2 Å².